The lowest BCUT2D eigenvalue weighted by Gasteiger charge is -2.10. The van der Waals surface area contributed by atoms with Gasteiger partial charge in [0, 0.05) is 29.8 Å². The van der Waals surface area contributed by atoms with Gasteiger partial charge in [0.2, 0.25) is 0 Å². The fourth-order valence-electron chi connectivity index (χ4n) is 1.53. The molecule has 0 saturated carbocycles. The third-order valence-corrected chi connectivity index (χ3v) is 2.60. The molecule has 5 nitrogen and oxygen atoms in total. The van der Waals surface area contributed by atoms with E-state index in [4.69, 9.17) is 16.3 Å². The van der Waals surface area contributed by atoms with Gasteiger partial charge >= 0.3 is 0 Å². The van der Waals surface area contributed by atoms with Crippen LogP contribution in [0, 0.1) is 10.1 Å². The van der Waals surface area contributed by atoms with Gasteiger partial charge in [-0.15, -0.1) is 0 Å². The van der Waals surface area contributed by atoms with E-state index in [0.29, 0.717) is 18.9 Å². The van der Waals surface area contributed by atoms with Crippen molar-refractivity contribution in [3.05, 3.63) is 45.5 Å². The number of halogens is 1. The summed E-state index contributed by atoms with van der Waals surface area (Å²) < 4.78 is 5.51. The second kappa shape index (κ2) is 8.50. The Labute approximate surface area is 117 Å². The largest absolute Gasteiger partial charge is 0.489 e. The summed E-state index contributed by atoms with van der Waals surface area (Å²) in [4.78, 5) is 10.4. The highest BCUT2D eigenvalue weighted by Gasteiger charge is 2.11. The maximum absolute atomic E-state index is 10.8. The molecule has 0 heterocycles. The van der Waals surface area contributed by atoms with Crippen LogP contribution in [0.5, 0.6) is 5.75 Å². The molecule has 0 saturated heterocycles. The first kappa shape index (κ1) is 15.5. The van der Waals surface area contributed by atoms with Gasteiger partial charge in [-0.3, -0.25) is 10.1 Å². The molecule has 1 rings (SSSR count). The van der Waals surface area contributed by atoms with E-state index < -0.39 is 4.92 Å². The summed E-state index contributed by atoms with van der Waals surface area (Å²) in [5.74, 6) is 0.629. The molecule has 0 spiro atoms. The summed E-state index contributed by atoms with van der Waals surface area (Å²) in [7, 11) is 0. The number of hydrogen-bond acceptors (Lipinski definition) is 4. The van der Waals surface area contributed by atoms with Crippen LogP contribution in [0.1, 0.15) is 18.9 Å². The molecule has 0 aromatic heterocycles. The first-order valence-corrected chi connectivity index (χ1v) is 6.48. The molecule has 0 aliphatic carbocycles. The monoisotopic (exact) mass is 284 g/mol. The lowest BCUT2D eigenvalue weighted by Crippen LogP contribution is -2.15. The Hall–Kier alpha value is -1.59. The third-order valence-electron chi connectivity index (χ3n) is 2.42. The molecule has 19 heavy (non-hydrogen) atoms. The maximum Gasteiger partial charge on any atom is 0.270 e. The average Bonchev–Trinajstić information content (AvgIpc) is 2.40. The number of non-ortho nitro benzene ring substituents is 1. The molecule has 1 aromatic carbocycles. The van der Waals surface area contributed by atoms with Gasteiger partial charge in [0.05, 0.1) is 4.92 Å². The molecule has 0 radical (unpaired) electrons. The topological polar surface area (TPSA) is 64.4 Å². The van der Waals surface area contributed by atoms with Crippen molar-refractivity contribution >= 4 is 17.3 Å². The van der Waals surface area contributed by atoms with Gasteiger partial charge in [0.1, 0.15) is 12.4 Å². The lowest BCUT2D eigenvalue weighted by atomic mass is 10.1. The van der Waals surface area contributed by atoms with Crippen LogP contribution in [-0.4, -0.2) is 18.1 Å². The van der Waals surface area contributed by atoms with E-state index in [1.165, 1.54) is 17.7 Å². The van der Waals surface area contributed by atoms with Crippen molar-refractivity contribution in [1.82, 2.24) is 5.32 Å². The molecule has 0 unspecified atom stereocenters. The summed E-state index contributed by atoms with van der Waals surface area (Å²) in [5, 5.41) is 14.0. The Morgan fingerprint density at radius 1 is 1.53 bits per heavy atom. The number of rotatable bonds is 8. The van der Waals surface area contributed by atoms with E-state index in [9.17, 15) is 10.1 Å². The minimum Gasteiger partial charge on any atom is -0.489 e. The van der Waals surface area contributed by atoms with Gasteiger partial charge in [0.15, 0.2) is 0 Å². The van der Waals surface area contributed by atoms with E-state index in [1.807, 2.05) is 0 Å². The van der Waals surface area contributed by atoms with Crippen molar-refractivity contribution in [2.45, 2.75) is 19.9 Å². The molecule has 0 aliphatic rings. The zero-order valence-electron chi connectivity index (χ0n) is 10.8. The highest BCUT2D eigenvalue weighted by Crippen LogP contribution is 2.24. The summed E-state index contributed by atoms with van der Waals surface area (Å²) in [6.45, 7) is 3.78. The van der Waals surface area contributed by atoms with Crippen LogP contribution in [0.25, 0.3) is 0 Å². The van der Waals surface area contributed by atoms with Crippen molar-refractivity contribution in [2.24, 2.45) is 0 Å². The van der Waals surface area contributed by atoms with Crippen molar-refractivity contribution in [1.29, 1.82) is 0 Å². The quantitative estimate of drug-likeness (QED) is 0.452. The van der Waals surface area contributed by atoms with E-state index in [2.05, 4.69) is 12.2 Å². The van der Waals surface area contributed by atoms with Crippen LogP contribution in [0.15, 0.2) is 29.8 Å². The Morgan fingerprint density at radius 3 is 2.95 bits per heavy atom. The van der Waals surface area contributed by atoms with Crippen LogP contribution in [-0.2, 0) is 6.54 Å². The number of nitro benzene ring substituents is 1. The first-order chi connectivity index (χ1) is 9.19. The molecule has 0 atom stereocenters. The van der Waals surface area contributed by atoms with Gasteiger partial charge in [0.25, 0.3) is 5.69 Å². The number of nitrogens with one attached hydrogen (secondary N) is 1. The van der Waals surface area contributed by atoms with E-state index >= 15 is 0 Å². The SMILES string of the molecule is CCCNCc1cc([N+](=O)[O-])ccc1OC/C=C/Cl. The fraction of sp³-hybridized carbons (Fsp3) is 0.385. The van der Waals surface area contributed by atoms with E-state index in [-0.39, 0.29) is 5.69 Å². The Morgan fingerprint density at radius 2 is 2.32 bits per heavy atom. The van der Waals surface area contributed by atoms with E-state index in [0.717, 1.165) is 18.5 Å². The second-order valence-electron chi connectivity index (χ2n) is 3.90. The van der Waals surface area contributed by atoms with Crippen LogP contribution >= 0.6 is 11.6 Å². The van der Waals surface area contributed by atoms with Gasteiger partial charge in [-0.25, -0.2) is 0 Å². The number of nitro groups is 1. The first-order valence-electron chi connectivity index (χ1n) is 6.05. The molecule has 0 bridgehead atoms. The number of benzene rings is 1. The number of hydrogen-bond donors (Lipinski definition) is 1. The van der Waals surface area contributed by atoms with Crippen LogP contribution in [0.2, 0.25) is 0 Å². The Bertz CT molecular complexity index is 450. The minimum absolute atomic E-state index is 0.0635. The second-order valence-corrected chi connectivity index (χ2v) is 4.15. The predicted molar refractivity (Wildman–Crippen MR) is 75.6 cm³/mol. The minimum atomic E-state index is -0.411. The zero-order chi connectivity index (χ0) is 14.1. The zero-order valence-corrected chi connectivity index (χ0v) is 11.5. The molecule has 1 N–H and O–H groups in total. The molecule has 6 heteroatoms. The highest BCUT2D eigenvalue weighted by molar-refractivity contribution is 6.25. The maximum atomic E-state index is 10.8. The molecule has 0 fully saturated rings. The van der Waals surface area contributed by atoms with Gasteiger partial charge < -0.3 is 10.1 Å². The normalized spacial score (nSPS) is 10.8. The van der Waals surface area contributed by atoms with Crippen molar-refractivity contribution in [2.75, 3.05) is 13.2 Å². The molecule has 104 valence electrons. The van der Waals surface area contributed by atoms with Gasteiger partial charge in [-0.1, -0.05) is 18.5 Å². The molecular weight excluding hydrogens is 268 g/mol. The summed E-state index contributed by atoms with van der Waals surface area (Å²) in [6.07, 6.45) is 2.66. The fourth-order valence-corrected chi connectivity index (χ4v) is 1.61. The standard InChI is InChI=1S/C13H17ClN2O3/c1-2-7-15-10-11-9-12(16(17)18)4-5-13(11)19-8-3-6-14/h3-6,9,15H,2,7-8,10H2,1H3/b6-3+. The van der Waals surface area contributed by atoms with Crippen LogP contribution in [0.4, 0.5) is 5.69 Å². The predicted octanol–water partition coefficient (Wildman–Crippen LogP) is 3.23. The lowest BCUT2D eigenvalue weighted by molar-refractivity contribution is -0.384. The Kier molecular flexibility index (Phi) is 6.92. The van der Waals surface area contributed by atoms with Crippen LogP contribution in [0.3, 0.4) is 0 Å². The van der Waals surface area contributed by atoms with Crippen molar-refractivity contribution < 1.29 is 9.66 Å². The molecule has 1 aromatic rings. The third kappa shape index (κ3) is 5.28. The summed E-state index contributed by atoms with van der Waals surface area (Å²) >= 11 is 5.41. The van der Waals surface area contributed by atoms with Gasteiger partial charge in [-0.05, 0) is 25.1 Å². The van der Waals surface area contributed by atoms with Crippen molar-refractivity contribution in [3.63, 3.8) is 0 Å². The van der Waals surface area contributed by atoms with Gasteiger partial charge in [-0.2, -0.15) is 0 Å². The summed E-state index contributed by atoms with van der Waals surface area (Å²) in [6, 6.07) is 4.58. The smallest absolute Gasteiger partial charge is 0.270 e. The Balaban J connectivity index is 2.83. The molecule has 0 amide bonds. The van der Waals surface area contributed by atoms with E-state index in [1.54, 1.807) is 12.1 Å². The van der Waals surface area contributed by atoms with Crippen LogP contribution < -0.4 is 10.1 Å². The summed E-state index contributed by atoms with van der Waals surface area (Å²) in [5.41, 5.74) is 2.21. The van der Waals surface area contributed by atoms with Crippen molar-refractivity contribution in [3.8, 4) is 5.75 Å². The molecule has 0 aliphatic heterocycles. The average molecular weight is 285 g/mol. The molecular formula is C13H17ClN2O3. The highest BCUT2D eigenvalue weighted by atomic mass is 35.5. The number of ether oxygens (including phenoxy) is 1. The number of nitrogens with zero attached hydrogens (tertiary/aromatic N) is 1.